The van der Waals surface area contributed by atoms with E-state index in [0.29, 0.717) is 17.7 Å². The van der Waals surface area contributed by atoms with E-state index in [1.54, 1.807) is 30.5 Å². The molecule has 4 nitrogen and oxygen atoms in total. The maximum absolute atomic E-state index is 14.1. The number of amides is 1. The minimum atomic E-state index is -0.710. The second kappa shape index (κ2) is 8.64. The van der Waals surface area contributed by atoms with Crippen molar-refractivity contribution in [3.63, 3.8) is 0 Å². The molecule has 0 aliphatic carbocycles. The Labute approximate surface area is 177 Å². The number of fused-ring (bicyclic) bond motifs is 1. The maximum Gasteiger partial charge on any atom is 0.266 e. The van der Waals surface area contributed by atoms with Crippen molar-refractivity contribution in [2.45, 2.75) is 6.54 Å². The van der Waals surface area contributed by atoms with Gasteiger partial charge in [0.1, 0.15) is 23.3 Å². The van der Waals surface area contributed by atoms with E-state index in [1.807, 2.05) is 34.9 Å². The largest absolute Gasteiger partial charge is 0.342 e. The van der Waals surface area contributed by atoms with Gasteiger partial charge < -0.3 is 9.88 Å². The summed E-state index contributed by atoms with van der Waals surface area (Å²) < 4.78 is 29.8. The molecule has 1 amide bonds. The van der Waals surface area contributed by atoms with Gasteiger partial charge in [-0.15, -0.1) is 0 Å². The first kappa shape index (κ1) is 20.0. The Morgan fingerprint density at radius 1 is 0.968 bits per heavy atom. The first-order chi connectivity index (χ1) is 15.1. The van der Waals surface area contributed by atoms with Crippen LogP contribution >= 0.6 is 0 Å². The van der Waals surface area contributed by atoms with Crippen LogP contribution in [0.15, 0.2) is 84.6 Å². The summed E-state index contributed by atoms with van der Waals surface area (Å²) in [6.45, 7) is 0.296. The van der Waals surface area contributed by atoms with Crippen molar-refractivity contribution in [2.75, 3.05) is 5.32 Å². The second-order valence-corrected chi connectivity index (χ2v) is 6.92. The van der Waals surface area contributed by atoms with Crippen LogP contribution in [0.1, 0.15) is 11.1 Å². The molecule has 0 saturated heterocycles. The summed E-state index contributed by atoms with van der Waals surface area (Å²) in [6, 6.07) is 21.6. The van der Waals surface area contributed by atoms with Crippen molar-refractivity contribution in [3.8, 4) is 6.07 Å². The minimum Gasteiger partial charge on any atom is -0.342 e. The number of hydrogen-bond donors (Lipinski definition) is 1. The van der Waals surface area contributed by atoms with Crippen LogP contribution in [-0.4, -0.2) is 10.5 Å². The number of carbonyl (C=O) groups is 1. The van der Waals surface area contributed by atoms with Gasteiger partial charge in [0.2, 0.25) is 0 Å². The fourth-order valence-electron chi connectivity index (χ4n) is 3.39. The molecule has 1 N–H and O–H groups in total. The molecule has 0 saturated carbocycles. The van der Waals surface area contributed by atoms with E-state index in [2.05, 4.69) is 5.32 Å². The molecule has 0 aliphatic rings. The molecule has 0 fully saturated rings. The van der Waals surface area contributed by atoms with Crippen LogP contribution in [0, 0.1) is 23.0 Å². The van der Waals surface area contributed by atoms with Crippen molar-refractivity contribution >= 4 is 28.6 Å². The summed E-state index contributed by atoms with van der Waals surface area (Å²) in [6.07, 6.45) is 3.22. The number of anilines is 1. The maximum atomic E-state index is 14.1. The van der Waals surface area contributed by atoms with Gasteiger partial charge in [0.15, 0.2) is 0 Å². The summed E-state index contributed by atoms with van der Waals surface area (Å²) in [5.41, 5.74) is 1.82. The van der Waals surface area contributed by atoms with E-state index in [1.165, 1.54) is 30.3 Å². The van der Waals surface area contributed by atoms with E-state index < -0.39 is 11.7 Å². The van der Waals surface area contributed by atoms with Gasteiger partial charge in [-0.2, -0.15) is 5.26 Å². The highest BCUT2D eigenvalue weighted by atomic mass is 19.1. The van der Waals surface area contributed by atoms with Crippen molar-refractivity contribution in [2.24, 2.45) is 0 Å². The zero-order chi connectivity index (χ0) is 21.8. The molecule has 1 aromatic heterocycles. The number of hydrogen-bond acceptors (Lipinski definition) is 2. The SMILES string of the molecule is N#C/C(=C/c1cn(Cc2ccccc2F)c2ccccc12)C(=O)Nc1ccccc1F. The van der Waals surface area contributed by atoms with Crippen LogP contribution in [0.3, 0.4) is 0 Å². The number of para-hydroxylation sites is 2. The van der Waals surface area contributed by atoms with E-state index in [4.69, 9.17) is 0 Å². The third-order valence-electron chi connectivity index (χ3n) is 4.90. The van der Waals surface area contributed by atoms with Gasteiger partial charge in [0, 0.05) is 28.2 Å². The fourth-order valence-corrected chi connectivity index (χ4v) is 3.39. The number of nitrogens with one attached hydrogen (secondary N) is 1. The molecule has 152 valence electrons. The van der Waals surface area contributed by atoms with Gasteiger partial charge in [-0.05, 0) is 30.3 Å². The Bertz CT molecular complexity index is 1350. The number of aromatic nitrogens is 1. The average molecular weight is 413 g/mol. The highest BCUT2D eigenvalue weighted by Crippen LogP contribution is 2.25. The summed E-state index contributed by atoms with van der Waals surface area (Å²) in [7, 11) is 0. The fraction of sp³-hybridized carbons (Fsp3) is 0.0400. The van der Waals surface area contributed by atoms with Crippen LogP contribution in [-0.2, 0) is 11.3 Å². The van der Waals surface area contributed by atoms with Gasteiger partial charge in [-0.25, -0.2) is 8.78 Å². The molecule has 4 aromatic rings. The van der Waals surface area contributed by atoms with Crippen molar-refractivity contribution in [1.82, 2.24) is 4.57 Å². The van der Waals surface area contributed by atoms with E-state index in [9.17, 15) is 18.8 Å². The number of rotatable bonds is 5. The molecular weight excluding hydrogens is 396 g/mol. The van der Waals surface area contributed by atoms with Gasteiger partial charge in [0.25, 0.3) is 5.91 Å². The lowest BCUT2D eigenvalue weighted by atomic mass is 10.1. The van der Waals surface area contributed by atoms with Crippen molar-refractivity contribution in [1.29, 1.82) is 5.26 Å². The zero-order valence-electron chi connectivity index (χ0n) is 16.3. The molecule has 4 rings (SSSR count). The number of nitriles is 1. The smallest absolute Gasteiger partial charge is 0.266 e. The highest BCUT2D eigenvalue weighted by Gasteiger charge is 2.14. The number of carbonyl (C=O) groups excluding carboxylic acids is 1. The lowest BCUT2D eigenvalue weighted by Gasteiger charge is -2.06. The lowest BCUT2D eigenvalue weighted by Crippen LogP contribution is -2.14. The Balaban J connectivity index is 1.71. The summed E-state index contributed by atoms with van der Waals surface area (Å²) >= 11 is 0. The summed E-state index contributed by atoms with van der Waals surface area (Å²) in [5.74, 6) is -1.60. The highest BCUT2D eigenvalue weighted by molar-refractivity contribution is 6.10. The predicted octanol–water partition coefficient (Wildman–Crippen LogP) is 5.51. The summed E-state index contributed by atoms with van der Waals surface area (Å²) in [5, 5.41) is 12.8. The molecule has 0 radical (unpaired) electrons. The molecular formula is C25H17F2N3O. The first-order valence-corrected chi connectivity index (χ1v) is 9.56. The van der Waals surface area contributed by atoms with Gasteiger partial charge in [0.05, 0.1) is 12.2 Å². The van der Waals surface area contributed by atoms with E-state index >= 15 is 0 Å². The molecule has 6 heteroatoms. The van der Waals surface area contributed by atoms with Crippen molar-refractivity contribution in [3.05, 3.63) is 107 Å². The zero-order valence-corrected chi connectivity index (χ0v) is 16.3. The Morgan fingerprint density at radius 2 is 1.65 bits per heavy atom. The Hall–Kier alpha value is -4.24. The van der Waals surface area contributed by atoms with Crippen LogP contribution in [0.5, 0.6) is 0 Å². The van der Waals surface area contributed by atoms with Gasteiger partial charge >= 0.3 is 0 Å². The van der Waals surface area contributed by atoms with Crippen LogP contribution in [0.25, 0.3) is 17.0 Å². The first-order valence-electron chi connectivity index (χ1n) is 9.56. The monoisotopic (exact) mass is 413 g/mol. The molecule has 0 atom stereocenters. The number of nitrogens with zero attached hydrogens (tertiary/aromatic N) is 2. The van der Waals surface area contributed by atoms with Crippen LogP contribution in [0.2, 0.25) is 0 Å². The third-order valence-corrected chi connectivity index (χ3v) is 4.90. The van der Waals surface area contributed by atoms with Gasteiger partial charge in [-0.3, -0.25) is 4.79 Å². The third kappa shape index (κ3) is 4.21. The standard InChI is InChI=1S/C25H17F2N3O/c26-21-9-3-1-7-17(21)15-30-16-19(20-8-2-6-12-24(20)30)13-18(14-28)25(31)29-23-11-5-4-10-22(23)27/h1-13,16H,15H2,(H,29,31)/b18-13-. The lowest BCUT2D eigenvalue weighted by molar-refractivity contribution is -0.112. The second-order valence-electron chi connectivity index (χ2n) is 6.92. The van der Waals surface area contributed by atoms with E-state index in [0.717, 1.165) is 10.9 Å². The Morgan fingerprint density at radius 3 is 2.39 bits per heavy atom. The number of benzene rings is 3. The quantitative estimate of drug-likeness (QED) is 0.346. The molecule has 0 aliphatic heterocycles. The summed E-state index contributed by atoms with van der Waals surface area (Å²) in [4.78, 5) is 12.6. The minimum absolute atomic E-state index is 0.00405. The molecule has 3 aromatic carbocycles. The average Bonchev–Trinajstić information content (AvgIpc) is 3.12. The normalized spacial score (nSPS) is 11.3. The van der Waals surface area contributed by atoms with Crippen LogP contribution < -0.4 is 5.32 Å². The topological polar surface area (TPSA) is 57.8 Å². The van der Waals surface area contributed by atoms with Crippen LogP contribution in [0.4, 0.5) is 14.5 Å². The molecule has 0 bridgehead atoms. The Kier molecular flexibility index (Phi) is 5.59. The molecule has 0 spiro atoms. The molecule has 31 heavy (non-hydrogen) atoms. The van der Waals surface area contributed by atoms with Crippen molar-refractivity contribution < 1.29 is 13.6 Å². The number of halogens is 2. The molecule has 0 unspecified atom stereocenters. The van der Waals surface area contributed by atoms with E-state index in [-0.39, 0.29) is 17.1 Å². The van der Waals surface area contributed by atoms with Gasteiger partial charge in [-0.1, -0.05) is 48.5 Å². The predicted molar refractivity (Wildman–Crippen MR) is 116 cm³/mol. The molecule has 1 heterocycles.